The fraction of sp³-hybridized carbons (Fsp3) is 0.0909. The Hall–Kier alpha value is -1.29. The number of pyridine rings is 2. The van der Waals surface area contributed by atoms with Crippen molar-refractivity contribution in [3.8, 4) is 11.1 Å². The third-order valence-corrected chi connectivity index (χ3v) is 2.70. The van der Waals surface area contributed by atoms with Crippen molar-refractivity contribution in [2.24, 2.45) is 0 Å². The van der Waals surface area contributed by atoms with Crippen LogP contribution in [0.5, 0.6) is 0 Å². The molecule has 0 aliphatic heterocycles. The normalized spacial score (nSPS) is 10.3. The predicted octanol–water partition coefficient (Wildman–Crippen LogP) is 3.18. The van der Waals surface area contributed by atoms with Gasteiger partial charge in [0.05, 0.1) is 0 Å². The standard InChI is InChI=1S/C11H8BrFN2/c12-6-9-5-11(13)15-7-10(9)8-1-3-14-4-2-8/h1-5,7H,6H2. The molecule has 0 radical (unpaired) electrons. The average Bonchev–Trinajstić information content (AvgIpc) is 2.30. The molecule has 0 aromatic carbocycles. The van der Waals surface area contributed by atoms with Gasteiger partial charge in [0.15, 0.2) is 0 Å². The molecule has 2 rings (SSSR count). The number of hydrogen-bond acceptors (Lipinski definition) is 2. The van der Waals surface area contributed by atoms with Crippen LogP contribution in [0.3, 0.4) is 0 Å². The number of halogens is 2. The van der Waals surface area contributed by atoms with Crippen molar-refractivity contribution in [1.29, 1.82) is 0 Å². The average molecular weight is 267 g/mol. The Bertz CT molecular complexity index is 459. The van der Waals surface area contributed by atoms with Crippen LogP contribution in [0.15, 0.2) is 36.8 Å². The second kappa shape index (κ2) is 4.49. The summed E-state index contributed by atoms with van der Waals surface area (Å²) in [6, 6.07) is 5.19. The van der Waals surface area contributed by atoms with E-state index in [1.54, 1.807) is 18.6 Å². The van der Waals surface area contributed by atoms with Crippen LogP contribution in [0.25, 0.3) is 11.1 Å². The molecular formula is C11H8BrFN2. The van der Waals surface area contributed by atoms with Crippen molar-refractivity contribution in [2.45, 2.75) is 5.33 Å². The second-order valence-corrected chi connectivity index (χ2v) is 3.59. The van der Waals surface area contributed by atoms with Gasteiger partial charge in [-0.15, -0.1) is 0 Å². The third-order valence-electron chi connectivity index (χ3n) is 2.09. The molecule has 0 aliphatic carbocycles. The first-order chi connectivity index (χ1) is 7.31. The van der Waals surface area contributed by atoms with E-state index in [1.165, 1.54) is 6.07 Å². The minimum atomic E-state index is -0.456. The summed E-state index contributed by atoms with van der Waals surface area (Å²) >= 11 is 3.33. The van der Waals surface area contributed by atoms with Gasteiger partial charge in [-0.05, 0) is 29.3 Å². The highest BCUT2D eigenvalue weighted by molar-refractivity contribution is 9.08. The molecule has 76 valence electrons. The summed E-state index contributed by atoms with van der Waals surface area (Å²) in [5.74, 6) is -0.456. The van der Waals surface area contributed by atoms with Crippen molar-refractivity contribution >= 4 is 15.9 Å². The van der Waals surface area contributed by atoms with E-state index in [0.29, 0.717) is 5.33 Å². The molecule has 0 unspecified atom stereocenters. The first kappa shape index (κ1) is 10.2. The molecule has 0 spiro atoms. The summed E-state index contributed by atoms with van der Waals surface area (Å²) in [4.78, 5) is 7.59. The molecule has 2 heterocycles. The van der Waals surface area contributed by atoms with Crippen molar-refractivity contribution in [2.75, 3.05) is 0 Å². The lowest BCUT2D eigenvalue weighted by Crippen LogP contribution is -1.91. The summed E-state index contributed by atoms with van der Waals surface area (Å²) in [6.45, 7) is 0. The predicted molar refractivity (Wildman–Crippen MR) is 60.1 cm³/mol. The number of aromatic nitrogens is 2. The molecule has 0 saturated carbocycles. The minimum absolute atomic E-state index is 0.456. The maximum Gasteiger partial charge on any atom is 0.213 e. The van der Waals surface area contributed by atoms with Gasteiger partial charge in [0.25, 0.3) is 0 Å². The van der Waals surface area contributed by atoms with Gasteiger partial charge in [-0.25, -0.2) is 4.98 Å². The molecule has 15 heavy (non-hydrogen) atoms. The van der Waals surface area contributed by atoms with Crippen LogP contribution in [0.4, 0.5) is 4.39 Å². The Kier molecular flexibility index (Phi) is 3.06. The van der Waals surface area contributed by atoms with Gasteiger partial charge in [-0.2, -0.15) is 4.39 Å². The van der Waals surface area contributed by atoms with E-state index in [1.807, 2.05) is 12.1 Å². The summed E-state index contributed by atoms with van der Waals surface area (Å²) < 4.78 is 12.9. The summed E-state index contributed by atoms with van der Waals surface area (Å²) in [5, 5.41) is 0.601. The minimum Gasteiger partial charge on any atom is -0.265 e. The van der Waals surface area contributed by atoms with Crippen LogP contribution in [0, 0.1) is 5.95 Å². The van der Waals surface area contributed by atoms with Crippen LogP contribution in [0.2, 0.25) is 0 Å². The van der Waals surface area contributed by atoms with E-state index < -0.39 is 5.95 Å². The summed E-state index contributed by atoms with van der Waals surface area (Å²) in [7, 11) is 0. The van der Waals surface area contributed by atoms with Crippen LogP contribution in [0.1, 0.15) is 5.56 Å². The van der Waals surface area contributed by atoms with Crippen molar-refractivity contribution in [3.63, 3.8) is 0 Å². The lowest BCUT2D eigenvalue weighted by molar-refractivity contribution is 0.583. The van der Waals surface area contributed by atoms with E-state index in [-0.39, 0.29) is 0 Å². The molecule has 0 N–H and O–H groups in total. The van der Waals surface area contributed by atoms with E-state index in [0.717, 1.165) is 16.7 Å². The van der Waals surface area contributed by atoms with Crippen LogP contribution >= 0.6 is 15.9 Å². The Balaban J connectivity index is 2.53. The quantitative estimate of drug-likeness (QED) is 0.617. The zero-order valence-electron chi connectivity index (χ0n) is 7.82. The first-order valence-electron chi connectivity index (χ1n) is 4.42. The highest BCUT2D eigenvalue weighted by Crippen LogP contribution is 2.24. The Morgan fingerprint density at radius 2 is 2.00 bits per heavy atom. The fourth-order valence-electron chi connectivity index (χ4n) is 1.37. The molecule has 0 amide bonds. The molecule has 0 aliphatic rings. The van der Waals surface area contributed by atoms with E-state index in [4.69, 9.17) is 0 Å². The number of rotatable bonds is 2. The van der Waals surface area contributed by atoms with Crippen LogP contribution < -0.4 is 0 Å². The number of nitrogens with zero attached hydrogens (tertiary/aromatic N) is 2. The number of hydrogen-bond donors (Lipinski definition) is 0. The lowest BCUT2D eigenvalue weighted by Gasteiger charge is -2.06. The molecule has 4 heteroatoms. The molecule has 0 saturated heterocycles. The van der Waals surface area contributed by atoms with Gasteiger partial charge in [0, 0.05) is 29.5 Å². The SMILES string of the molecule is Fc1cc(CBr)c(-c2ccncc2)cn1. The second-order valence-electron chi connectivity index (χ2n) is 3.03. The van der Waals surface area contributed by atoms with E-state index in [2.05, 4.69) is 25.9 Å². The van der Waals surface area contributed by atoms with Crippen molar-refractivity contribution in [3.05, 3.63) is 48.3 Å². The summed E-state index contributed by atoms with van der Waals surface area (Å²) in [6.07, 6.45) is 4.95. The topological polar surface area (TPSA) is 25.8 Å². The lowest BCUT2D eigenvalue weighted by atomic mass is 10.0. The van der Waals surface area contributed by atoms with Gasteiger partial charge >= 0.3 is 0 Å². The third kappa shape index (κ3) is 2.21. The monoisotopic (exact) mass is 266 g/mol. The van der Waals surface area contributed by atoms with Crippen molar-refractivity contribution < 1.29 is 4.39 Å². The largest absolute Gasteiger partial charge is 0.265 e. The fourth-order valence-corrected chi connectivity index (χ4v) is 1.83. The van der Waals surface area contributed by atoms with Crippen LogP contribution in [-0.2, 0) is 5.33 Å². The molecule has 0 bridgehead atoms. The maximum atomic E-state index is 12.9. The molecule has 2 aromatic heterocycles. The van der Waals surface area contributed by atoms with Crippen molar-refractivity contribution in [1.82, 2.24) is 9.97 Å². The Morgan fingerprint density at radius 1 is 1.27 bits per heavy atom. The zero-order valence-corrected chi connectivity index (χ0v) is 9.41. The highest BCUT2D eigenvalue weighted by atomic mass is 79.9. The maximum absolute atomic E-state index is 12.9. The molecule has 2 nitrogen and oxygen atoms in total. The van der Waals surface area contributed by atoms with E-state index in [9.17, 15) is 4.39 Å². The number of alkyl halides is 1. The first-order valence-corrected chi connectivity index (χ1v) is 5.54. The molecule has 2 aromatic rings. The van der Waals surface area contributed by atoms with Gasteiger partial charge < -0.3 is 0 Å². The Morgan fingerprint density at radius 3 is 2.67 bits per heavy atom. The molecular weight excluding hydrogens is 259 g/mol. The van der Waals surface area contributed by atoms with E-state index >= 15 is 0 Å². The Labute approximate surface area is 95.3 Å². The van der Waals surface area contributed by atoms with Gasteiger partial charge in [0.1, 0.15) is 0 Å². The van der Waals surface area contributed by atoms with Crippen LogP contribution in [-0.4, -0.2) is 9.97 Å². The molecule has 0 atom stereocenters. The highest BCUT2D eigenvalue weighted by Gasteiger charge is 2.05. The molecule has 0 fully saturated rings. The zero-order chi connectivity index (χ0) is 10.7. The van der Waals surface area contributed by atoms with Gasteiger partial charge in [-0.1, -0.05) is 15.9 Å². The van der Waals surface area contributed by atoms with Gasteiger partial charge in [-0.3, -0.25) is 4.98 Å². The summed E-state index contributed by atoms with van der Waals surface area (Å²) in [5.41, 5.74) is 2.80. The smallest absolute Gasteiger partial charge is 0.213 e. The van der Waals surface area contributed by atoms with Gasteiger partial charge in [0.2, 0.25) is 5.95 Å².